The summed E-state index contributed by atoms with van der Waals surface area (Å²) in [6.45, 7) is 9.61. The standard InChI is InChI=1S/C60H46N4/c1-37(2)51-55-45-33-35-49(61(39-21-9-5-10-22-39)40-23-11-6-12-24-40)53-44-30-18-20-32-48(44)64(57(45)53)60(55)52(38(3)4)56-46-34-36-50(54-43-29-17-19-31-47(43)63(58(46)54)59(51)56)62(41-25-13-7-14-26-41)42-27-15-8-16-28-42/h5-38H,1-4H3. The highest BCUT2D eigenvalue weighted by atomic mass is 15.2. The highest BCUT2D eigenvalue weighted by molar-refractivity contribution is 6.34. The van der Waals surface area contributed by atoms with Gasteiger partial charge in [-0.1, -0.05) is 149 Å². The van der Waals surface area contributed by atoms with E-state index in [0.29, 0.717) is 0 Å². The maximum absolute atomic E-state index is 2.65. The van der Waals surface area contributed by atoms with E-state index in [0.717, 1.165) is 22.7 Å². The molecule has 0 atom stereocenters. The summed E-state index contributed by atoms with van der Waals surface area (Å²) in [7, 11) is 0. The molecule has 0 saturated heterocycles. The van der Waals surface area contributed by atoms with Crippen LogP contribution >= 0.6 is 0 Å². The maximum Gasteiger partial charge on any atom is 0.0641 e. The second-order valence-corrected chi connectivity index (χ2v) is 18.0. The van der Waals surface area contributed by atoms with Crippen LogP contribution in [0.25, 0.3) is 76.2 Å². The number of fused-ring (bicyclic) bond motifs is 12. The predicted molar refractivity (Wildman–Crippen MR) is 273 cm³/mol. The SMILES string of the molecule is CC(C)c1c2c3ccc(N(c4ccccc4)c4ccccc4)c4c5ccccc5n(c2c(C(C)C)c2c5ccc(N(c6ccccc6)c6ccccc6)c6c7ccccc7n(c12)c56)c34. The number of para-hydroxylation sites is 6. The van der Waals surface area contributed by atoms with Crippen molar-refractivity contribution in [2.75, 3.05) is 9.80 Å². The first kappa shape index (κ1) is 36.8. The number of nitrogens with zero attached hydrogens (tertiary/aromatic N) is 4. The van der Waals surface area contributed by atoms with Gasteiger partial charge in [-0.25, -0.2) is 0 Å². The molecule has 4 heterocycles. The van der Waals surface area contributed by atoms with Gasteiger partial charge in [-0.05, 0) is 95.8 Å². The molecule has 0 aliphatic rings. The highest BCUT2D eigenvalue weighted by Crippen LogP contribution is 2.55. The summed E-state index contributed by atoms with van der Waals surface area (Å²) < 4.78 is 5.30. The van der Waals surface area contributed by atoms with Crippen LogP contribution in [0.5, 0.6) is 0 Å². The summed E-state index contributed by atoms with van der Waals surface area (Å²) in [5, 5.41) is 10.5. The van der Waals surface area contributed by atoms with Crippen molar-refractivity contribution >= 4 is 110 Å². The zero-order valence-electron chi connectivity index (χ0n) is 36.4. The van der Waals surface area contributed by atoms with Crippen molar-refractivity contribution in [3.05, 3.63) is 205 Å². The maximum atomic E-state index is 2.65. The van der Waals surface area contributed by atoms with E-state index in [9.17, 15) is 0 Å². The van der Waals surface area contributed by atoms with E-state index in [4.69, 9.17) is 0 Å². The van der Waals surface area contributed by atoms with Gasteiger partial charge >= 0.3 is 0 Å². The fourth-order valence-corrected chi connectivity index (χ4v) is 11.5. The first-order chi connectivity index (χ1) is 31.5. The second kappa shape index (κ2) is 13.8. The third-order valence-electron chi connectivity index (χ3n) is 13.8. The van der Waals surface area contributed by atoms with E-state index in [2.05, 4.69) is 240 Å². The van der Waals surface area contributed by atoms with Gasteiger partial charge in [-0.2, -0.15) is 0 Å². The fourth-order valence-electron chi connectivity index (χ4n) is 11.5. The molecule has 13 aromatic rings. The molecule has 64 heavy (non-hydrogen) atoms. The fraction of sp³-hybridized carbons (Fsp3) is 0.100. The van der Waals surface area contributed by atoms with E-state index in [1.54, 1.807) is 0 Å². The molecule has 13 rings (SSSR count). The minimum Gasteiger partial charge on any atom is -0.310 e. The van der Waals surface area contributed by atoms with Crippen LogP contribution < -0.4 is 9.80 Å². The lowest BCUT2D eigenvalue weighted by Gasteiger charge is -2.26. The Hall–Kier alpha value is -7.82. The van der Waals surface area contributed by atoms with E-state index in [-0.39, 0.29) is 11.8 Å². The molecule has 4 nitrogen and oxygen atoms in total. The summed E-state index contributed by atoms with van der Waals surface area (Å²) in [6.07, 6.45) is 0. The number of benzene rings is 9. The van der Waals surface area contributed by atoms with Gasteiger partial charge in [0.2, 0.25) is 0 Å². The van der Waals surface area contributed by atoms with Crippen molar-refractivity contribution in [1.29, 1.82) is 0 Å². The summed E-state index contributed by atoms with van der Waals surface area (Å²) in [6, 6.07) is 71.2. The molecule has 9 aromatic carbocycles. The Kier molecular flexibility index (Phi) is 7.96. The minimum absolute atomic E-state index is 0.231. The molecule has 4 aromatic heterocycles. The Morgan fingerprint density at radius 3 is 0.938 bits per heavy atom. The summed E-state index contributed by atoms with van der Waals surface area (Å²) in [5.41, 5.74) is 17.5. The molecular weight excluding hydrogens is 777 g/mol. The van der Waals surface area contributed by atoms with Crippen LogP contribution in [0.15, 0.2) is 194 Å². The van der Waals surface area contributed by atoms with Gasteiger partial charge < -0.3 is 18.6 Å². The smallest absolute Gasteiger partial charge is 0.0641 e. The van der Waals surface area contributed by atoms with Crippen LogP contribution in [0, 0.1) is 0 Å². The van der Waals surface area contributed by atoms with Crippen molar-refractivity contribution in [2.45, 2.75) is 39.5 Å². The van der Waals surface area contributed by atoms with Gasteiger partial charge in [-0.3, -0.25) is 0 Å². The van der Waals surface area contributed by atoms with Crippen molar-refractivity contribution in [3.8, 4) is 0 Å². The van der Waals surface area contributed by atoms with Crippen LogP contribution in [-0.4, -0.2) is 8.80 Å². The average Bonchev–Trinajstić information content (AvgIpc) is 4.07. The van der Waals surface area contributed by atoms with Gasteiger partial charge in [0.15, 0.2) is 0 Å². The van der Waals surface area contributed by atoms with Crippen molar-refractivity contribution in [1.82, 2.24) is 8.80 Å². The molecule has 0 saturated carbocycles. The van der Waals surface area contributed by atoms with E-state index >= 15 is 0 Å². The van der Waals surface area contributed by atoms with Gasteiger partial charge in [-0.15, -0.1) is 0 Å². The summed E-state index contributed by atoms with van der Waals surface area (Å²) in [4.78, 5) is 4.88. The lowest BCUT2D eigenvalue weighted by atomic mass is 9.87. The Morgan fingerprint density at radius 2 is 0.609 bits per heavy atom. The van der Waals surface area contributed by atoms with Crippen LogP contribution in [0.2, 0.25) is 0 Å². The molecule has 0 N–H and O–H groups in total. The van der Waals surface area contributed by atoms with Crippen LogP contribution in [-0.2, 0) is 0 Å². The van der Waals surface area contributed by atoms with Crippen molar-refractivity contribution in [2.24, 2.45) is 0 Å². The second-order valence-electron chi connectivity index (χ2n) is 18.0. The molecule has 0 amide bonds. The molecule has 0 fully saturated rings. The van der Waals surface area contributed by atoms with Gasteiger partial charge in [0.1, 0.15) is 0 Å². The van der Waals surface area contributed by atoms with E-state index in [1.807, 2.05) is 0 Å². The van der Waals surface area contributed by atoms with Crippen LogP contribution in [0.1, 0.15) is 50.7 Å². The Morgan fingerprint density at radius 1 is 0.297 bits per heavy atom. The molecule has 306 valence electrons. The zero-order valence-corrected chi connectivity index (χ0v) is 36.4. The number of hydrogen-bond donors (Lipinski definition) is 0. The average molecular weight is 823 g/mol. The molecule has 4 heteroatoms. The summed E-state index contributed by atoms with van der Waals surface area (Å²) >= 11 is 0. The molecule has 0 bridgehead atoms. The Bertz CT molecular complexity index is 3550. The zero-order chi connectivity index (χ0) is 42.8. The Balaban J connectivity index is 1.23. The largest absolute Gasteiger partial charge is 0.310 e. The number of hydrogen-bond acceptors (Lipinski definition) is 2. The van der Waals surface area contributed by atoms with Crippen LogP contribution in [0.3, 0.4) is 0 Å². The molecule has 0 radical (unpaired) electrons. The third kappa shape index (κ3) is 4.94. The molecule has 0 aliphatic heterocycles. The monoisotopic (exact) mass is 822 g/mol. The molecule has 0 spiro atoms. The number of rotatable bonds is 8. The topological polar surface area (TPSA) is 15.3 Å². The normalized spacial score (nSPS) is 12.3. The quantitative estimate of drug-likeness (QED) is 0.152. The van der Waals surface area contributed by atoms with Crippen molar-refractivity contribution in [3.63, 3.8) is 0 Å². The number of aromatic nitrogens is 2. The number of anilines is 6. The molecule has 0 aliphatic carbocycles. The lowest BCUT2D eigenvalue weighted by Crippen LogP contribution is -2.10. The van der Waals surface area contributed by atoms with Crippen molar-refractivity contribution < 1.29 is 0 Å². The van der Waals surface area contributed by atoms with E-state index < -0.39 is 0 Å². The lowest BCUT2D eigenvalue weighted by molar-refractivity contribution is 0.869. The van der Waals surface area contributed by atoms with Gasteiger partial charge in [0.25, 0.3) is 0 Å². The highest BCUT2D eigenvalue weighted by Gasteiger charge is 2.33. The molecular formula is C60H46N4. The van der Waals surface area contributed by atoms with E-state index in [1.165, 1.54) is 98.7 Å². The van der Waals surface area contributed by atoms with Gasteiger partial charge in [0, 0.05) is 65.8 Å². The third-order valence-corrected chi connectivity index (χ3v) is 13.8. The minimum atomic E-state index is 0.231. The first-order valence-corrected chi connectivity index (χ1v) is 22.7. The predicted octanol–water partition coefficient (Wildman–Crippen LogP) is 17.2. The Labute approximate surface area is 372 Å². The first-order valence-electron chi connectivity index (χ1n) is 22.7. The summed E-state index contributed by atoms with van der Waals surface area (Å²) in [5.74, 6) is 0.462. The van der Waals surface area contributed by atoms with Crippen LogP contribution in [0.4, 0.5) is 34.1 Å². The molecule has 0 unspecified atom stereocenters. The van der Waals surface area contributed by atoms with Gasteiger partial charge in [0.05, 0.1) is 44.5 Å².